The lowest BCUT2D eigenvalue weighted by molar-refractivity contribution is -0.146. The van der Waals surface area contributed by atoms with E-state index in [1.807, 2.05) is 0 Å². The lowest BCUT2D eigenvalue weighted by Crippen LogP contribution is -2.49. The minimum Gasteiger partial charge on any atom is -0.481 e. The first-order chi connectivity index (χ1) is 6.74. The van der Waals surface area contributed by atoms with Gasteiger partial charge in [0, 0.05) is 6.04 Å². The van der Waals surface area contributed by atoms with Crippen LogP contribution in [0.25, 0.3) is 0 Å². The Balaban J connectivity index is 2.09. The molecule has 0 aromatic carbocycles. The standard InChI is InChI=1S/C11H19NO2/c1-2-12-7-3-4-9(11(13)14)10(12)8-5-6-8/h8-10H,2-7H2,1H3,(H,13,14)/t9-,10+/m0/s1. The fourth-order valence-electron chi connectivity index (χ4n) is 2.79. The molecule has 1 N–H and O–H groups in total. The summed E-state index contributed by atoms with van der Waals surface area (Å²) in [5.74, 6) is -0.00685. The number of hydrogen-bond donors (Lipinski definition) is 1. The molecule has 1 saturated heterocycles. The molecule has 1 heterocycles. The average Bonchev–Trinajstić information content (AvgIpc) is 2.99. The van der Waals surface area contributed by atoms with Crippen molar-refractivity contribution in [2.45, 2.75) is 38.6 Å². The molecule has 0 amide bonds. The topological polar surface area (TPSA) is 40.5 Å². The third-order valence-electron chi connectivity index (χ3n) is 3.62. The second kappa shape index (κ2) is 3.89. The van der Waals surface area contributed by atoms with Gasteiger partial charge in [-0.2, -0.15) is 0 Å². The van der Waals surface area contributed by atoms with Crippen molar-refractivity contribution in [2.24, 2.45) is 11.8 Å². The summed E-state index contributed by atoms with van der Waals surface area (Å²) >= 11 is 0. The molecule has 0 aromatic rings. The van der Waals surface area contributed by atoms with Crippen LogP contribution in [0.15, 0.2) is 0 Å². The molecular weight excluding hydrogens is 178 g/mol. The average molecular weight is 197 g/mol. The van der Waals surface area contributed by atoms with Gasteiger partial charge in [0.25, 0.3) is 0 Å². The van der Waals surface area contributed by atoms with Gasteiger partial charge >= 0.3 is 5.97 Å². The van der Waals surface area contributed by atoms with E-state index in [4.69, 9.17) is 0 Å². The van der Waals surface area contributed by atoms with Crippen molar-refractivity contribution >= 4 is 5.97 Å². The Morgan fingerprint density at radius 3 is 2.64 bits per heavy atom. The second-order valence-electron chi connectivity index (χ2n) is 4.54. The predicted octanol–water partition coefficient (Wildman–Crippen LogP) is 1.58. The molecule has 0 unspecified atom stereocenters. The number of carboxylic acids is 1. The molecular formula is C11H19NO2. The Morgan fingerprint density at radius 1 is 1.43 bits per heavy atom. The van der Waals surface area contributed by atoms with Gasteiger partial charge in [0.2, 0.25) is 0 Å². The van der Waals surface area contributed by atoms with Gasteiger partial charge in [0.15, 0.2) is 0 Å². The first-order valence-corrected chi connectivity index (χ1v) is 5.71. The van der Waals surface area contributed by atoms with Gasteiger partial charge in [-0.1, -0.05) is 6.92 Å². The highest BCUT2D eigenvalue weighted by Crippen LogP contribution is 2.41. The summed E-state index contributed by atoms with van der Waals surface area (Å²) in [4.78, 5) is 13.5. The third kappa shape index (κ3) is 1.78. The number of piperidine rings is 1. The molecule has 2 rings (SSSR count). The quantitative estimate of drug-likeness (QED) is 0.746. The Morgan fingerprint density at radius 2 is 2.14 bits per heavy atom. The van der Waals surface area contributed by atoms with Crippen LogP contribution in [0, 0.1) is 11.8 Å². The van der Waals surface area contributed by atoms with Gasteiger partial charge < -0.3 is 5.11 Å². The maximum Gasteiger partial charge on any atom is 0.308 e. The molecule has 80 valence electrons. The van der Waals surface area contributed by atoms with Crippen LogP contribution in [-0.4, -0.2) is 35.1 Å². The molecule has 3 nitrogen and oxygen atoms in total. The Kier molecular flexibility index (Phi) is 2.77. The first-order valence-electron chi connectivity index (χ1n) is 5.71. The number of rotatable bonds is 3. The molecule has 1 aliphatic carbocycles. The van der Waals surface area contributed by atoms with E-state index in [1.54, 1.807) is 0 Å². The van der Waals surface area contributed by atoms with E-state index in [0.717, 1.165) is 25.9 Å². The van der Waals surface area contributed by atoms with Crippen LogP contribution < -0.4 is 0 Å². The lowest BCUT2D eigenvalue weighted by atomic mass is 9.86. The van der Waals surface area contributed by atoms with Gasteiger partial charge in [0.05, 0.1) is 5.92 Å². The number of likely N-dealkylation sites (tertiary alicyclic amines) is 1. The predicted molar refractivity (Wildman–Crippen MR) is 54.1 cm³/mol. The normalized spacial score (nSPS) is 34.4. The van der Waals surface area contributed by atoms with Crippen molar-refractivity contribution in [1.29, 1.82) is 0 Å². The lowest BCUT2D eigenvalue weighted by Gasteiger charge is -2.39. The van der Waals surface area contributed by atoms with Crippen LogP contribution >= 0.6 is 0 Å². The molecule has 1 saturated carbocycles. The number of carbonyl (C=O) groups is 1. The first kappa shape index (κ1) is 9.97. The summed E-state index contributed by atoms with van der Waals surface area (Å²) in [6.45, 7) is 4.24. The zero-order chi connectivity index (χ0) is 10.1. The van der Waals surface area contributed by atoms with Crippen LogP contribution in [-0.2, 0) is 4.79 Å². The van der Waals surface area contributed by atoms with E-state index in [1.165, 1.54) is 12.8 Å². The highest BCUT2D eigenvalue weighted by Gasteiger charge is 2.44. The molecule has 14 heavy (non-hydrogen) atoms. The fraction of sp³-hybridized carbons (Fsp3) is 0.909. The van der Waals surface area contributed by atoms with E-state index < -0.39 is 5.97 Å². The molecule has 0 aromatic heterocycles. The van der Waals surface area contributed by atoms with E-state index in [9.17, 15) is 9.90 Å². The van der Waals surface area contributed by atoms with Crippen LogP contribution in [0.5, 0.6) is 0 Å². The molecule has 2 fully saturated rings. The molecule has 2 aliphatic rings. The fourth-order valence-corrected chi connectivity index (χ4v) is 2.79. The van der Waals surface area contributed by atoms with Gasteiger partial charge in [-0.3, -0.25) is 9.69 Å². The number of hydrogen-bond acceptors (Lipinski definition) is 2. The van der Waals surface area contributed by atoms with E-state index in [0.29, 0.717) is 12.0 Å². The monoisotopic (exact) mass is 197 g/mol. The van der Waals surface area contributed by atoms with Crippen LogP contribution in [0.1, 0.15) is 32.6 Å². The Bertz CT molecular complexity index is 225. The summed E-state index contributed by atoms with van der Waals surface area (Å²) in [6, 6.07) is 0.339. The van der Waals surface area contributed by atoms with Gasteiger partial charge in [-0.25, -0.2) is 0 Å². The van der Waals surface area contributed by atoms with Crippen LogP contribution in [0.2, 0.25) is 0 Å². The highest BCUT2D eigenvalue weighted by molar-refractivity contribution is 5.71. The van der Waals surface area contributed by atoms with Crippen molar-refractivity contribution in [2.75, 3.05) is 13.1 Å². The maximum absolute atomic E-state index is 11.1. The molecule has 0 bridgehead atoms. The summed E-state index contributed by atoms with van der Waals surface area (Å²) < 4.78 is 0. The summed E-state index contributed by atoms with van der Waals surface area (Å²) in [5.41, 5.74) is 0. The maximum atomic E-state index is 11.1. The molecule has 2 atom stereocenters. The largest absolute Gasteiger partial charge is 0.481 e. The minimum absolute atomic E-state index is 0.101. The summed E-state index contributed by atoms with van der Waals surface area (Å²) in [7, 11) is 0. The SMILES string of the molecule is CCN1CCC[C@H](C(=O)O)[C@H]1C1CC1. The van der Waals surface area contributed by atoms with E-state index >= 15 is 0 Å². The third-order valence-corrected chi connectivity index (χ3v) is 3.62. The number of aliphatic carboxylic acids is 1. The Labute approximate surface area is 85.1 Å². The minimum atomic E-state index is -0.583. The zero-order valence-electron chi connectivity index (χ0n) is 8.78. The number of nitrogens with zero attached hydrogens (tertiary/aromatic N) is 1. The van der Waals surface area contributed by atoms with E-state index in [2.05, 4.69) is 11.8 Å². The summed E-state index contributed by atoms with van der Waals surface area (Å²) in [5, 5.41) is 9.17. The zero-order valence-corrected chi connectivity index (χ0v) is 8.78. The van der Waals surface area contributed by atoms with Crippen molar-refractivity contribution in [3.63, 3.8) is 0 Å². The van der Waals surface area contributed by atoms with Gasteiger partial charge in [-0.05, 0) is 44.7 Å². The molecule has 3 heteroatoms. The molecule has 0 radical (unpaired) electrons. The number of carboxylic acid groups (broad SMARTS) is 1. The second-order valence-corrected chi connectivity index (χ2v) is 4.54. The van der Waals surface area contributed by atoms with Crippen molar-refractivity contribution in [3.05, 3.63) is 0 Å². The van der Waals surface area contributed by atoms with Crippen molar-refractivity contribution in [1.82, 2.24) is 4.90 Å². The Hall–Kier alpha value is -0.570. The summed E-state index contributed by atoms with van der Waals surface area (Å²) in [6.07, 6.45) is 4.41. The highest BCUT2D eigenvalue weighted by atomic mass is 16.4. The van der Waals surface area contributed by atoms with Gasteiger partial charge in [-0.15, -0.1) is 0 Å². The van der Waals surface area contributed by atoms with Crippen molar-refractivity contribution < 1.29 is 9.90 Å². The molecule has 1 aliphatic heterocycles. The van der Waals surface area contributed by atoms with Crippen LogP contribution in [0.4, 0.5) is 0 Å². The van der Waals surface area contributed by atoms with Crippen LogP contribution in [0.3, 0.4) is 0 Å². The smallest absolute Gasteiger partial charge is 0.308 e. The van der Waals surface area contributed by atoms with Crippen molar-refractivity contribution in [3.8, 4) is 0 Å². The van der Waals surface area contributed by atoms with Gasteiger partial charge in [0.1, 0.15) is 0 Å². The van der Waals surface area contributed by atoms with E-state index in [-0.39, 0.29) is 5.92 Å². The molecule has 0 spiro atoms.